The molecule has 0 atom stereocenters. The zero-order chi connectivity index (χ0) is 15.5. The molecule has 116 valence electrons. The molecule has 1 aromatic carbocycles. The van der Waals surface area contributed by atoms with Crippen LogP contribution in [0.15, 0.2) is 39.4 Å². The van der Waals surface area contributed by atoms with Crippen molar-refractivity contribution < 1.29 is 0 Å². The van der Waals surface area contributed by atoms with Crippen LogP contribution >= 0.6 is 0 Å². The van der Waals surface area contributed by atoms with Crippen molar-refractivity contribution in [1.29, 1.82) is 0 Å². The molecule has 0 saturated heterocycles. The Morgan fingerprint density at radius 1 is 0.952 bits per heavy atom. The predicted octanol–water partition coefficient (Wildman–Crippen LogP) is 5.33. The minimum atomic E-state index is -0.175. The first kappa shape index (κ1) is 18.9. The van der Waals surface area contributed by atoms with Gasteiger partial charge < -0.3 is 0 Å². The second-order valence-corrected chi connectivity index (χ2v) is 9.02. The van der Waals surface area contributed by atoms with Gasteiger partial charge in [-0.15, -0.1) is 0 Å². The molecule has 0 N–H and O–H groups in total. The third-order valence-corrected chi connectivity index (χ3v) is 7.69. The van der Waals surface area contributed by atoms with Crippen LogP contribution in [-0.2, 0) is 0 Å². The van der Waals surface area contributed by atoms with Crippen molar-refractivity contribution in [3.8, 4) is 0 Å². The van der Waals surface area contributed by atoms with E-state index in [4.69, 9.17) is 0 Å². The van der Waals surface area contributed by atoms with E-state index in [0.29, 0.717) is 0 Å². The molecule has 0 bridgehead atoms. The van der Waals surface area contributed by atoms with Crippen LogP contribution in [0.3, 0.4) is 0 Å². The van der Waals surface area contributed by atoms with Gasteiger partial charge in [0.1, 0.15) is 0 Å². The molecule has 0 fully saturated rings. The van der Waals surface area contributed by atoms with Gasteiger partial charge in [-0.2, -0.15) is 0 Å². The summed E-state index contributed by atoms with van der Waals surface area (Å²) in [6, 6.07) is 11.2. The van der Waals surface area contributed by atoms with Crippen molar-refractivity contribution in [2.24, 2.45) is 0 Å². The molecule has 0 unspecified atom stereocenters. The first-order valence-corrected chi connectivity index (χ1v) is 11.0. The summed E-state index contributed by atoms with van der Waals surface area (Å²) in [7, 11) is 0. The first-order valence-electron chi connectivity index (χ1n) is 8.71. The third kappa shape index (κ3) is 6.62. The molecule has 0 aromatic heterocycles. The molecule has 1 rings (SSSR count). The number of allylic oxidation sites excluding steroid dienone is 2. The molecule has 0 aliphatic rings. The molecular formula is C19H31BTe. The van der Waals surface area contributed by atoms with Crippen molar-refractivity contribution in [1.82, 2.24) is 0 Å². The maximum atomic E-state index is 2.37. The average Bonchev–Trinajstić information content (AvgIpc) is 2.53. The Labute approximate surface area is 143 Å². The van der Waals surface area contributed by atoms with E-state index in [1.807, 2.05) is 9.09 Å². The molecule has 0 saturated carbocycles. The number of hydrogen-bond donors (Lipinski definition) is 0. The van der Waals surface area contributed by atoms with Crippen LogP contribution in [0, 0.1) is 0 Å². The van der Waals surface area contributed by atoms with Gasteiger partial charge in [-0.05, 0) is 0 Å². The van der Waals surface area contributed by atoms with E-state index < -0.39 is 0 Å². The fraction of sp³-hybridized carbons (Fsp3) is 0.579. The zero-order valence-corrected chi connectivity index (χ0v) is 16.7. The van der Waals surface area contributed by atoms with Crippen LogP contribution in [0.5, 0.6) is 0 Å². The van der Waals surface area contributed by atoms with Crippen molar-refractivity contribution in [2.75, 3.05) is 0 Å². The molecule has 0 aliphatic carbocycles. The summed E-state index contributed by atoms with van der Waals surface area (Å²) in [5, 5.41) is 0. The molecule has 0 aliphatic heterocycles. The monoisotopic (exact) mass is 400 g/mol. The normalized spacial score (nSPS) is 12.2. The summed E-state index contributed by atoms with van der Waals surface area (Å²) in [5.41, 5.74) is 1.81. The number of rotatable bonds is 10. The van der Waals surface area contributed by atoms with E-state index in [0.717, 1.165) is 6.71 Å². The Morgan fingerprint density at radius 3 is 2.14 bits per heavy atom. The third-order valence-electron chi connectivity index (χ3n) is 4.21. The van der Waals surface area contributed by atoms with Gasteiger partial charge in [0, 0.05) is 0 Å². The van der Waals surface area contributed by atoms with Crippen LogP contribution in [-0.4, -0.2) is 27.6 Å². The van der Waals surface area contributed by atoms with E-state index in [-0.39, 0.29) is 20.9 Å². The Bertz CT molecular complexity index is 407. The van der Waals surface area contributed by atoms with Crippen molar-refractivity contribution in [3.63, 3.8) is 0 Å². The first-order chi connectivity index (χ1) is 10.3. The van der Waals surface area contributed by atoms with Gasteiger partial charge >= 0.3 is 143 Å². The average molecular weight is 398 g/mol. The van der Waals surface area contributed by atoms with Crippen molar-refractivity contribution in [2.45, 2.75) is 72.4 Å². The second-order valence-electron chi connectivity index (χ2n) is 5.69. The van der Waals surface area contributed by atoms with Crippen LogP contribution in [0.1, 0.15) is 59.8 Å². The molecule has 0 spiro atoms. The fourth-order valence-corrected chi connectivity index (χ4v) is 6.55. The van der Waals surface area contributed by atoms with E-state index in [1.54, 1.807) is 3.61 Å². The summed E-state index contributed by atoms with van der Waals surface area (Å²) >= 11 is -0.175. The van der Waals surface area contributed by atoms with Gasteiger partial charge in [0.25, 0.3) is 0 Å². The summed E-state index contributed by atoms with van der Waals surface area (Å²) in [5.74, 6) is 0. The summed E-state index contributed by atoms with van der Waals surface area (Å²) in [6.07, 6.45) is 9.30. The molecule has 1 aromatic rings. The van der Waals surface area contributed by atoms with E-state index in [9.17, 15) is 0 Å². The van der Waals surface area contributed by atoms with Gasteiger partial charge in [0.2, 0.25) is 0 Å². The quantitative estimate of drug-likeness (QED) is 0.369. The minimum absolute atomic E-state index is 0.175. The van der Waals surface area contributed by atoms with E-state index >= 15 is 0 Å². The molecule has 0 radical (unpaired) electrons. The molecular weight excluding hydrogens is 367 g/mol. The molecule has 21 heavy (non-hydrogen) atoms. The standard InChI is InChI=1S/C19H31BTe/c1-5-9-11-16-19(18(6-2)20(7-3)8-4)21-17-14-12-10-13-15-17/h10,12-15H,5-9,11,16H2,1-4H3/b19-18-. The van der Waals surface area contributed by atoms with Gasteiger partial charge in [-0.25, -0.2) is 0 Å². The maximum absolute atomic E-state index is 2.37. The van der Waals surface area contributed by atoms with Gasteiger partial charge in [-0.1, -0.05) is 0 Å². The van der Waals surface area contributed by atoms with Gasteiger partial charge in [-0.3, -0.25) is 0 Å². The Kier molecular flexibility index (Phi) is 10.2. The van der Waals surface area contributed by atoms with Gasteiger partial charge in [0.05, 0.1) is 0 Å². The summed E-state index contributed by atoms with van der Waals surface area (Å²) < 4.78 is 3.46. The molecule has 0 nitrogen and oxygen atoms in total. The van der Waals surface area contributed by atoms with Crippen LogP contribution in [0.2, 0.25) is 12.6 Å². The van der Waals surface area contributed by atoms with Crippen molar-refractivity contribution >= 4 is 31.2 Å². The fourth-order valence-electron chi connectivity index (χ4n) is 2.94. The predicted molar refractivity (Wildman–Crippen MR) is 100 cm³/mol. The van der Waals surface area contributed by atoms with Crippen LogP contribution in [0.25, 0.3) is 0 Å². The SMILES string of the molecule is CCCCC/C([Te]c1ccccc1)=C(\CC)B(CC)CC. The molecule has 0 heterocycles. The van der Waals surface area contributed by atoms with Crippen molar-refractivity contribution in [3.05, 3.63) is 39.4 Å². The number of unbranched alkanes of at least 4 members (excludes halogenated alkanes) is 2. The van der Waals surface area contributed by atoms with Crippen LogP contribution in [0.4, 0.5) is 0 Å². The zero-order valence-electron chi connectivity index (χ0n) is 14.3. The molecule has 0 amide bonds. The second kappa shape index (κ2) is 11.4. The van der Waals surface area contributed by atoms with E-state index in [1.165, 1.54) is 44.7 Å². The summed E-state index contributed by atoms with van der Waals surface area (Å²) in [6.45, 7) is 10.2. The topological polar surface area (TPSA) is 0 Å². The van der Waals surface area contributed by atoms with Crippen LogP contribution < -0.4 is 3.61 Å². The van der Waals surface area contributed by atoms with E-state index in [2.05, 4.69) is 58.0 Å². The summed E-state index contributed by atoms with van der Waals surface area (Å²) in [4.78, 5) is 0. The number of benzene rings is 1. The van der Waals surface area contributed by atoms with Gasteiger partial charge in [0.15, 0.2) is 0 Å². The molecule has 2 heteroatoms. The Balaban J connectivity index is 2.97. The number of hydrogen-bond acceptors (Lipinski definition) is 0. The Hall–Kier alpha value is -0.185. The Morgan fingerprint density at radius 2 is 1.62 bits per heavy atom.